The highest BCUT2D eigenvalue weighted by molar-refractivity contribution is 7.93. The minimum absolute atomic E-state index is 0.0442. The summed E-state index contributed by atoms with van der Waals surface area (Å²) in [6.07, 6.45) is 0. The molecule has 0 heterocycles. The zero-order valence-electron chi connectivity index (χ0n) is 18.0. The van der Waals surface area contributed by atoms with Crippen LogP contribution in [0.25, 0.3) is 0 Å². The molecule has 3 rings (SSSR count). The highest BCUT2D eigenvalue weighted by Gasteiger charge is 2.32. The largest absolute Gasteiger partial charge is 0.494 e. The van der Waals surface area contributed by atoms with Crippen molar-refractivity contribution in [3.63, 3.8) is 0 Å². The number of ether oxygens (including phenoxy) is 2. The van der Waals surface area contributed by atoms with Gasteiger partial charge in [-0.05, 0) is 86.5 Å². The van der Waals surface area contributed by atoms with Crippen molar-refractivity contribution in [2.24, 2.45) is 0 Å². The maximum absolute atomic E-state index is 13.5. The summed E-state index contributed by atoms with van der Waals surface area (Å²) in [7, 11) is -4.20. The predicted octanol–water partition coefficient (Wildman–Crippen LogP) is 5.16. The van der Waals surface area contributed by atoms with Crippen LogP contribution in [-0.2, 0) is 14.8 Å². The number of anilines is 1. The number of aryl methyl sites for hydroxylation is 2. The molecule has 0 aliphatic heterocycles. The molecule has 0 fully saturated rings. The van der Waals surface area contributed by atoms with Crippen molar-refractivity contribution in [3.05, 3.63) is 82.9 Å². The number of carbonyl (C=O) groups excluding carboxylic acids is 1. The lowest BCUT2D eigenvalue weighted by Gasteiger charge is -2.24. The standard InChI is InChI=1S/C24H24ClNO5S/c1-4-30-20-9-11-21(12-10-20)31-16-24(27)26(23-15-17(2)5-6-18(23)3)32(28,29)22-13-7-19(25)8-14-22/h5-15H,4,16H2,1-3H3. The number of hydrogen-bond acceptors (Lipinski definition) is 5. The molecular formula is C24H24ClNO5S. The Balaban J connectivity index is 1.94. The number of rotatable bonds is 8. The van der Waals surface area contributed by atoms with Crippen molar-refractivity contribution in [1.29, 1.82) is 0 Å². The van der Waals surface area contributed by atoms with Gasteiger partial charge in [0.25, 0.3) is 15.9 Å². The van der Waals surface area contributed by atoms with Crippen LogP contribution in [0.4, 0.5) is 5.69 Å². The molecule has 6 nitrogen and oxygen atoms in total. The van der Waals surface area contributed by atoms with Crippen molar-refractivity contribution >= 4 is 33.2 Å². The summed E-state index contributed by atoms with van der Waals surface area (Å²) in [5.74, 6) is 0.377. The second kappa shape index (κ2) is 10.1. The summed E-state index contributed by atoms with van der Waals surface area (Å²) >= 11 is 5.91. The van der Waals surface area contributed by atoms with Crippen molar-refractivity contribution in [1.82, 2.24) is 0 Å². The van der Waals surface area contributed by atoms with Crippen LogP contribution in [0.5, 0.6) is 11.5 Å². The SMILES string of the molecule is CCOc1ccc(OCC(=O)N(c2cc(C)ccc2C)S(=O)(=O)c2ccc(Cl)cc2)cc1. The molecule has 0 spiro atoms. The zero-order chi connectivity index (χ0) is 23.3. The van der Waals surface area contributed by atoms with Gasteiger partial charge >= 0.3 is 0 Å². The summed E-state index contributed by atoms with van der Waals surface area (Å²) in [6, 6.07) is 17.7. The van der Waals surface area contributed by atoms with E-state index in [1.54, 1.807) is 43.3 Å². The average Bonchev–Trinajstić information content (AvgIpc) is 2.76. The van der Waals surface area contributed by atoms with Crippen LogP contribution in [0.2, 0.25) is 5.02 Å². The van der Waals surface area contributed by atoms with E-state index in [0.717, 1.165) is 9.87 Å². The molecule has 32 heavy (non-hydrogen) atoms. The van der Waals surface area contributed by atoms with Crippen LogP contribution in [0.3, 0.4) is 0 Å². The number of benzene rings is 3. The molecule has 3 aromatic rings. The van der Waals surface area contributed by atoms with Crippen molar-refractivity contribution < 1.29 is 22.7 Å². The molecule has 0 N–H and O–H groups in total. The third-order valence-electron chi connectivity index (χ3n) is 4.66. The summed E-state index contributed by atoms with van der Waals surface area (Å²) in [5, 5.41) is 0.396. The van der Waals surface area contributed by atoms with E-state index in [4.69, 9.17) is 21.1 Å². The lowest BCUT2D eigenvalue weighted by Crippen LogP contribution is -2.40. The van der Waals surface area contributed by atoms with Gasteiger partial charge < -0.3 is 9.47 Å². The maximum atomic E-state index is 13.5. The number of hydrogen-bond donors (Lipinski definition) is 0. The summed E-state index contributed by atoms with van der Waals surface area (Å²) < 4.78 is 38.7. The van der Waals surface area contributed by atoms with Gasteiger partial charge in [0.05, 0.1) is 17.2 Å². The lowest BCUT2D eigenvalue weighted by molar-refractivity contribution is -0.119. The molecule has 0 saturated heterocycles. The molecule has 3 aromatic carbocycles. The van der Waals surface area contributed by atoms with Gasteiger partial charge in [0.15, 0.2) is 6.61 Å². The molecule has 168 valence electrons. The van der Waals surface area contributed by atoms with E-state index >= 15 is 0 Å². The van der Waals surface area contributed by atoms with E-state index in [0.29, 0.717) is 28.7 Å². The van der Waals surface area contributed by atoms with Gasteiger partial charge in [0.1, 0.15) is 11.5 Å². The van der Waals surface area contributed by atoms with E-state index in [9.17, 15) is 13.2 Å². The van der Waals surface area contributed by atoms with Gasteiger partial charge in [0, 0.05) is 5.02 Å². The Morgan fingerprint density at radius 3 is 2.09 bits per heavy atom. The lowest BCUT2D eigenvalue weighted by atomic mass is 10.1. The van der Waals surface area contributed by atoms with E-state index in [2.05, 4.69) is 0 Å². The monoisotopic (exact) mass is 473 g/mol. The highest BCUT2D eigenvalue weighted by atomic mass is 35.5. The zero-order valence-corrected chi connectivity index (χ0v) is 19.6. The molecule has 1 amide bonds. The molecule has 0 bridgehead atoms. The Labute approximate surface area is 193 Å². The van der Waals surface area contributed by atoms with Crippen LogP contribution in [-0.4, -0.2) is 27.5 Å². The smallest absolute Gasteiger partial charge is 0.278 e. The minimum atomic E-state index is -4.20. The van der Waals surface area contributed by atoms with Gasteiger partial charge in [0.2, 0.25) is 0 Å². The van der Waals surface area contributed by atoms with Crippen molar-refractivity contribution in [2.45, 2.75) is 25.7 Å². The second-order valence-corrected chi connectivity index (χ2v) is 9.32. The van der Waals surface area contributed by atoms with Gasteiger partial charge in [-0.3, -0.25) is 4.79 Å². The fraction of sp³-hybridized carbons (Fsp3) is 0.208. The quantitative estimate of drug-likeness (QED) is 0.452. The Kier molecular flexibility index (Phi) is 7.43. The molecule has 0 saturated carbocycles. The molecule has 0 unspecified atom stereocenters. The fourth-order valence-corrected chi connectivity index (χ4v) is 4.64. The van der Waals surface area contributed by atoms with E-state index in [1.165, 1.54) is 24.3 Å². The minimum Gasteiger partial charge on any atom is -0.494 e. The topological polar surface area (TPSA) is 72.9 Å². The molecule has 0 aliphatic carbocycles. The van der Waals surface area contributed by atoms with Gasteiger partial charge in [-0.2, -0.15) is 4.31 Å². The van der Waals surface area contributed by atoms with Gasteiger partial charge in [-0.25, -0.2) is 8.42 Å². The molecule has 8 heteroatoms. The second-order valence-electron chi connectivity index (χ2n) is 7.10. The third kappa shape index (κ3) is 5.41. The Hall–Kier alpha value is -3.03. The van der Waals surface area contributed by atoms with E-state index in [-0.39, 0.29) is 10.6 Å². The molecule has 0 aromatic heterocycles. The van der Waals surface area contributed by atoms with Crippen molar-refractivity contribution in [3.8, 4) is 11.5 Å². The first kappa shape index (κ1) is 23.6. The van der Waals surface area contributed by atoms with Crippen LogP contribution < -0.4 is 13.8 Å². The Bertz CT molecular complexity index is 1190. The fourth-order valence-electron chi connectivity index (χ4n) is 3.05. The first-order valence-corrected chi connectivity index (χ1v) is 11.8. The van der Waals surface area contributed by atoms with Gasteiger partial charge in [-0.15, -0.1) is 0 Å². The maximum Gasteiger partial charge on any atom is 0.278 e. The Morgan fingerprint density at radius 2 is 1.50 bits per heavy atom. The number of halogens is 1. The molecule has 0 atom stereocenters. The summed E-state index contributed by atoms with van der Waals surface area (Å²) in [5.41, 5.74) is 1.74. The molecular weight excluding hydrogens is 450 g/mol. The summed E-state index contributed by atoms with van der Waals surface area (Å²) in [6.45, 7) is 5.53. The number of sulfonamides is 1. The first-order valence-electron chi connectivity index (χ1n) is 9.99. The summed E-state index contributed by atoms with van der Waals surface area (Å²) in [4.78, 5) is 13.2. The van der Waals surface area contributed by atoms with Crippen LogP contribution in [0, 0.1) is 13.8 Å². The average molecular weight is 474 g/mol. The number of nitrogens with zero attached hydrogens (tertiary/aromatic N) is 1. The van der Waals surface area contributed by atoms with E-state index in [1.807, 2.05) is 19.9 Å². The van der Waals surface area contributed by atoms with Crippen LogP contribution >= 0.6 is 11.6 Å². The Morgan fingerprint density at radius 1 is 0.906 bits per heavy atom. The number of carbonyl (C=O) groups is 1. The molecule has 0 aliphatic rings. The normalized spacial score (nSPS) is 11.1. The van der Waals surface area contributed by atoms with Crippen molar-refractivity contribution in [2.75, 3.05) is 17.5 Å². The first-order chi connectivity index (χ1) is 15.2. The van der Waals surface area contributed by atoms with Crippen LogP contribution in [0.15, 0.2) is 71.6 Å². The van der Waals surface area contributed by atoms with E-state index < -0.39 is 22.5 Å². The molecule has 0 radical (unpaired) electrons. The third-order valence-corrected chi connectivity index (χ3v) is 6.66. The highest BCUT2D eigenvalue weighted by Crippen LogP contribution is 2.29. The predicted molar refractivity (Wildman–Crippen MR) is 125 cm³/mol. The number of amides is 1. The van der Waals surface area contributed by atoms with Gasteiger partial charge in [-0.1, -0.05) is 23.7 Å². The van der Waals surface area contributed by atoms with Crippen LogP contribution in [0.1, 0.15) is 18.1 Å².